The Labute approximate surface area is 130 Å². The van der Waals surface area contributed by atoms with Crippen molar-refractivity contribution in [3.8, 4) is 0 Å². The lowest BCUT2D eigenvalue weighted by Crippen LogP contribution is -2.24. The van der Waals surface area contributed by atoms with Crippen LogP contribution in [0.25, 0.3) is 0 Å². The predicted octanol–water partition coefficient (Wildman–Crippen LogP) is 3.58. The Kier molecular flexibility index (Phi) is 4.76. The van der Waals surface area contributed by atoms with Crippen molar-refractivity contribution < 1.29 is 4.79 Å². The molecule has 0 aliphatic rings. The maximum Gasteiger partial charge on any atom is 0.252 e. The molecule has 0 saturated carbocycles. The molecule has 0 radical (unpaired) electrons. The van der Waals surface area contributed by atoms with Crippen molar-refractivity contribution in [3.63, 3.8) is 0 Å². The Balaban J connectivity index is 2.10. The Bertz CT molecular complexity index is 616. The van der Waals surface area contributed by atoms with Crippen molar-refractivity contribution >= 4 is 40.1 Å². The number of halogens is 2. The maximum atomic E-state index is 12.1. The van der Waals surface area contributed by atoms with Gasteiger partial charge in [-0.3, -0.25) is 9.78 Å². The molecule has 0 atom stereocenters. The first-order valence-corrected chi connectivity index (χ1v) is 7.16. The number of aromatic nitrogens is 1. The topological polar surface area (TPSA) is 42.0 Å². The predicted molar refractivity (Wildman–Crippen MR) is 84.3 cm³/mol. The van der Waals surface area contributed by atoms with Crippen LogP contribution in [0.5, 0.6) is 0 Å². The van der Waals surface area contributed by atoms with Gasteiger partial charge in [-0.15, -0.1) is 0 Å². The molecular weight excluding hydrogens is 375 g/mol. The quantitative estimate of drug-likeness (QED) is 0.819. The van der Waals surface area contributed by atoms with Gasteiger partial charge in [-0.2, -0.15) is 0 Å². The van der Waals surface area contributed by atoms with E-state index in [4.69, 9.17) is 11.6 Å². The number of rotatable bonds is 3. The second-order valence-corrected chi connectivity index (χ2v) is 5.71. The molecule has 0 saturated heterocycles. The summed E-state index contributed by atoms with van der Waals surface area (Å²) >= 11 is 8.03. The summed E-state index contributed by atoms with van der Waals surface area (Å²) in [7, 11) is 0. The van der Waals surface area contributed by atoms with E-state index in [0.717, 1.165) is 14.7 Å². The SMILES string of the molecule is Cc1ccncc1CNC(=O)c1cc(Cl)ccc1I. The summed E-state index contributed by atoms with van der Waals surface area (Å²) in [6.07, 6.45) is 3.50. The summed E-state index contributed by atoms with van der Waals surface area (Å²) in [6, 6.07) is 7.19. The largest absolute Gasteiger partial charge is 0.348 e. The molecule has 1 aromatic heterocycles. The second-order valence-electron chi connectivity index (χ2n) is 4.11. The van der Waals surface area contributed by atoms with Crippen LogP contribution in [0.1, 0.15) is 21.5 Å². The van der Waals surface area contributed by atoms with Gasteiger partial charge in [0, 0.05) is 27.5 Å². The van der Waals surface area contributed by atoms with E-state index in [-0.39, 0.29) is 5.91 Å². The average Bonchev–Trinajstić information content (AvgIpc) is 2.40. The first-order valence-electron chi connectivity index (χ1n) is 5.70. The monoisotopic (exact) mass is 386 g/mol. The number of amides is 1. The zero-order chi connectivity index (χ0) is 13.8. The number of carbonyl (C=O) groups excluding carboxylic acids is 1. The Morgan fingerprint density at radius 2 is 2.21 bits per heavy atom. The van der Waals surface area contributed by atoms with E-state index in [1.54, 1.807) is 24.5 Å². The summed E-state index contributed by atoms with van der Waals surface area (Å²) in [4.78, 5) is 16.2. The fourth-order valence-electron chi connectivity index (χ4n) is 1.62. The van der Waals surface area contributed by atoms with Crippen LogP contribution < -0.4 is 5.32 Å². The van der Waals surface area contributed by atoms with Crippen LogP contribution in [-0.2, 0) is 6.54 Å². The van der Waals surface area contributed by atoms with Gasteiger partial charge in [0.1, 0.15) is 0 Å². The lowest BCUT2D eigenvalue weighted by atomic mass is 10.1. The molecule has 2 rings (SSSR count). The summed E-state index contributed by atoms with van der Waals surface area (Å²) in [5.74, 6) is -0.129. The third kappa shape index (κ3) is 3.67. The summed E-state index contributed by atoms with van der Waals surface area (Å²) in [5, 5.41) is 3.44. The molecule has 0 spiro atoms. The van der Waals surface area contributed by atoms with Gasteiger partial charge in [0.15, 0.2) is 0 Å². The highest BCUT2D eigenvalue weighted by Crippen LogP contribution is 2.18. The molecule has 98 valence electrons. The number of aryl methyl sites for hydroxylation is 1. The normalized spacial score (nSPS) is 10.3. The van der Waals surface area contributed by atoms with E-state index in [1.807, 2.05) is 19.1 Å². The summed E-state index contributed by atoms with van der Waals surface area (Å²) in [6.45, 7) is 2.45. The van der Waals surface area contributed by atoms with Gasteiger partial charge < -0.3 is 5.32 Å². The van der Waals surface area contributed by atoms with Crippen molar-refractivity contribution in [1.29, 1.82) is 0 Å². The number of hydrogen-bond donors (Lipinski definition) is 1. The number of nitrogens with one attached hydrogen (secondary N) is 1. The van der Waals surface area contributed by atoms with E-state index in [0.29, 0.717) is 17.1 Å². The van der Waals surface area contributed by atoms with Gasteiger partial charge in [0.2, 0.25) is 0 Å². The summed E-state index contributed by atoms with van der Waals surface area (Å²) in [5.41, 5.74) is 2.71. The van der Waals surface area contributed by atoms with Crippen LogP contribution in [0.3, 0.4) is 0 Å². The molecule has 0 aliphatic carbocycles. The van der Waals surface area contributed by atoms with Crippen LogP contribution in [0, 0.1) is 10.5 Å². The van der Waals surface area contributed by atoms with Crippen molar-refractivity contribution in [2.45, 2.75) is 13.5 Å². The zero-order valence-electron chi connectivity index (χ0n) is 10.3. The first kappa shape index (κ1) is 14.3. The Morgan fingerprint density at radius 1 is 1.42 bits per heavy atom. The van der Waals surface area contributed by atoms with Gasteiger partial charge in [0.25, 0.3) is 5.91 Å². The van der Waals surface area contributed by atoms with Crippen LogP contribution in [0.4, 0.5) is 0 Å². The molecule has 1 N–H and O–H groups in total. The molecule has 5 heteroatoms. The van der Waals surface area contributed by atoms with E-state index in [2.05, 4.69) is 32.9 Å². The number of hydrogen-bond acceptors (Lipinski definition) is 2. The van der Waals surface area contributed by atoms with Crippen LogP contribution in [0.2, 0.25) is 5.02 Å². The first-order chi connectivity index (χ1) is 9.08. The fraction of sp³-hybridized carbons (Fsp3) is 0.143. The van der Waals surface area contributed by atoms with E-state index in [1.165, 1.54) is 0 Å². The lowest BCUT2D eigenvalue weighted by molar-refractivity contribution is 0.0950. The highest BCUT2D eigenvalue weighted by atomic mass is 127. The van der Waals surface area contributed by atoms with E-state index < -0.39 is 0 Å². The molecule has 1 heterocycles. The molecule has 19 heavy (non-hydrogen) atoms. The molecule has 0 bridgehead atoms. The second kappa shape index (κ2) is 6.34. The molecule has 1 amide bonds. The molecule has 3 nitrogen and oxygen atoms in total. The van der Waals surface area contributed by atoms with Crippen LogP contribution >= 0.6 is 34.2 Å². The Morgan fingerprint density at radius 3 is 2.95 bits per heavy atom. The van der Waals surface area contributed by atoms with E-state index >= 15 is 0 Å². The molecule has 0 fully saturated rings. The standard InChI is InChI=1S/C14H12ClIN2O/c1-9-4-5-17-7-10(9)8-18-14(19)12-6-11(15)2-3-13(12)16/h2-7H,8H2,1H3,(H,18,19). The minimum Gasteiger partial charge on any atom is -0.348 e. The van der Waals surface area contributed by atoms with Crippen molar-refractivity contribution in [3.05, 3.63) is 61.9 Å². The summed E-state index contributed by atoms with van der Waals surface area (Å²) < 4.78 is 0.877. The highest BCUT2D eigenvalue weighted by Gasteiger charge is 2.10. The molecule has 0 unspecified atom stereocenters. The third-order valence-corrected chi connectivity index (χ3v) is 3.94. The van der Waals surface area contributed by atoms with Gasteiger partial charge in [-0.05, 0) is 64.9 Å². The maximum absolute atomic E-state index is 12.1. The average molecular weight is 387 g/mol. The Hall–Kier alpha value is -1.14. The number of nitrogens with zero attached hydrogens (tertiary/aromatic N) is 1. The minimum absolute atomic E-state index is 0.129. The molecule has 0 aliphatic heterocycles. The minimum atomic E-state index is -0.129. The van der Waals surface area contributed by atoms with Crippen LogP contribution in [-0.4, -0.2) is 10.9 Å². The van der Waals surface area contributed by atoms with Gasteiger partial charge >= 0.3 is 0 Å². The van der Waals surface area contributed by atoms with E-state index in [9.17, 15) is 4.79 Å². The van der Waals surface area contributed by atoms with Crippen molar-refractivity contribution in [2.24, 2.45) is 0 Å². The lowest BCUT2D eigenvalue weighted by Gasteiger charge is -2.09. The number of pyridine rings is 1. The zero-order valence-corrected chi connectivity index (χ0v) is 13.2. The highest BCUT2D eigenvalue weighted by molar-refractivity contribution is 14.1. The molecule has 2 aromatic rings. The third-order valence-electron chi connectivity index (χ3n) is 2.76. The fourth-order valence-corrected chi connectivity index (χ4v) is 2.38. The van der Waals surface area contributed by atoms with Gasteiger partial charge in [-0.25, -0.2) is 0 Å². The van der Waals surface area contributed by atoms with Gasteiger partial charge in [0.05, 0.1) is 5.56 Å². The van der Waals surface area contributed by atoms with Crippen molar-refractivity contribution in [2.75, 3.05) is 0 Å². The number of benzene rings is 1. The van der Waals surface area contributed by atoms with Crippen molar-refractivity contribution in [1.82, 2.24) is 10.3 Å². The smallest absolute Gasteiger partial charge is 0.252 e. The molecular formula is C14H12ClIN2O. The number of carbonyl (C=O) groups is 1. The van der Waals surface area contributed by atoms with Gasteiger partial charge in [-0.1, -0.05) is 11.6 Å². The van der Waals surface area contributed by atoms with Crippen LogP contribution in [0.15, 0.2) is 36.7 Å². The molecule has 1 aromatic carbocycles.